The molecule has 0 N–H and O–H groups in total. The van der Waals surface area contributed by atoms with Gasteiger partial charge >= 0.3 is 0 Å². The number of nitrogens with zero attached hydrogens (tertiary/aromatic N) is 2. The summed E-state index contributed by atoms with van der Waals surface area (Å²) in [6.45, 7) is 0. The van der Waals surface area contributed by atoms with Gasteiger partial charge in [-0.1, -0.05) is 237 Å². The van der Waals surface area contributed by atoms with E-state index in [4.69, 9.17) is 0 Å². The molecule has 0 aliphatic heterocycles. The molecule has 0 atom stereocenters. The standard InChI is InChI=1S/C72H50N2/c1-8-24-51(25-9-1)58-44-59(52-26-10-2-11-27-52)47-64(46-58)73(65-48-60(53-28-12-3-13-29-53)45-61(49-65)54-30-14-4-15-31-54)63-42-40-55(41-43-63)68-50-69-70(56-32-16-5-17-33-56)71(57-34-18-6-19-35-57)74(62-36-20-7-21-37-62)72(69)67-39-23-22-38-66(67)68/h1-50H. The maximum atomic E-state index is 2.49. The Bertz CT molecular complexity index is 3820. The molecule has 13 rings (SSSR count). The highest BCUT2D eigenvalue weighted by atomic mass is 15.1. The lowest BCUT2D eigenvalue weighted by Crippen LogP contribution is -2.11. The number of fused-ring (bicyclic) bond motifs is 3. The largest absolute Gasteiger partial charge is 0.310 e. The smallest absolute Gasteiger partial charge is 0.0620 e. The van der Waals surface area contributed by atoms with Gasteiger partial charge in [-0.05, 0) is 139 Å². The van der Waals surface area contributed by atoms with Crippen molar-refractivity contribution >= 4 is 38.7 Å². The fourth-order valence-electron chi connectivity index (χ4n) is 10.9. The second-order valence-electron chi connectivity index (χ2n) is 18.9. The molecule has 0 bridgehead atoms. The molecule has 12 aromatic carbocycles. The Labute approximate surface area is 433 Å². The number of anilines is 3. The average molecular weight is 943 g/mol. The maximum Gasteiger partial charge on any atom is 0.0620 e. The maximum absolute atomic E-state index is 2.49. The van der Waals surface area contributed by atoms with Gasteiger partial charge in [-0.2, -0.15) is 0 Å². The lowest BCUT2D eigenvalue weighted by Gasteiger charge is -2.28. The van der Waals surface area contributed by atoms with Gasteiger partial charge in [0, 0.05) is 39.1 Å². The molecule has 0 saturated carbocycles. The summed E-state index contributed by atoms with van der Waals surface area (Å²) in [4.78, 5) is 2.45. The minimum Gasteiger partial charge on any atom is -0.310 e. The Balaban J connectivity index is 1.05. The Morgan fingerprint density at radius 3 is 1.03 bits per heavy atom. The van der Waals surface area contributed by atoms with Gasteiger partial charge in [0.1, 0.15) is 0 Å². The molecule has 0 aliphatic rings. The number of aromatic nitrogens is 1. The van der Waals surface area contributed by atoms with Crippen LogP contribution in [0.4, 0.5) is 17.1 Å². The predicted molar refractivity (Wildman–Crippen MR) is 314 cm³/mol. The average Bonchev–Trinajstić information content (AvgIpc) is 3.84. The molecule has 13 aromatic rings. The van der Waals surface area contributed by atoms with Gasteiger partial charge in [-0.3, -0.25) is 0 Å². The van der Waals surface area contributed by atoms with Gasteiger partial charge in [0.2, 0.25) is 0 Å². The minimum absolute atomic E-state index is 1.05. The molecule has 0 aliphatic carbocycles. The molecular weight excluding hydrogens is 893 g/mol. The van der Waals surface area contributed by atoms with Crippen LogP contribution < -0.4 is 4.90 Å². The molecule has 74 heavy (non-hydrogen) atoms. The molecule has 0 spiro atoms. The quantitative estimate of drug-likeness (QED) is 0.125. The highest BCUT2D eigenvalue weighted by molar-refractivity contribution is 6.20. The lowest BCUT2D eigenvalue weighted by molar-refractivity contribution is 1.14. The van der Waals surface area contributed by atoms with E-state index in [-0.39, 0.29) is 0 Å². The van der Waals surface area contributed by atoms with Crippen LogP contribution in [-0.4, -0.2) is 4.57 Å². The highest BCUT2D eigenvalue weighted by Crippen LogP contribution is 2.49. The molecule has 0 fully saturated rings. The first-order chi connectivity index (χ1) is 36.7. The molecule has 0 unspecified atom stereocenters. The SMILES string of the molecule is c1ccc(-c2cc(-c3ccccc3)cc(N(c3ccc(-c4cc5c(-c6ccccc6)c(-c6ccccc6)n(-c6ccccc6)c5c5ccccc45)cc3)c3cc(-c4ccccc4)cc(-c4ccccc4)c3)c2)cc1. The van der Waals surface area contributed by atoms with Crippen molar-refractivity contribution in [3.63, 3.8) is 0 Å². The first-order valence-electron chi connectivity index (χ1n) is 25.4. The van der Waals surface area contributed by atoms with Crippen LogP contribution in [0.15, 0.2) is 303 Å². The van der Waals surface area contributed by atoms with Crippen LogP contribution in [0, 0.1) is 0 Å². The summed E-state index contributed by atoms with van der Waals surface area (Å²) < 4.78 is 2.49. The molecule has 0 radical (unpaired) electrons. The summed E-state index contributed by atoms with van der Waals surface area (Å²) in [6, 6.07) is 110. The van der Waals surface area contributed by atoms with Crippen LogP contribution in [0.2, 0.25) is 0 Å². The molecule has 2 nitrogen and oxygen atoms in total. The van der Waals surface area contributed by atoms with E-state index in [1.807, 2.05) is 0 Å². The third-order valence-corrected chi connectivity index (χ3v) is 14.3. The van der Waals surface area contributed by atoms with Crippen molar-refractivity contribution in [2.75, 3.05) is 4.90 Å². The zero-order chi connectivity index (χ0) is 49.2. The fourth-order valence-corrected chi connectivity index (χ4v) is 10.9. The summed E-state index contributed by atoms with van der Waals surface area (Å²) in [5, 5.41) is 3.60. The van der Waals surface area contributed by atoms with Gasteiger partial charge in [0.05, 0.1) is 11.2 Å². The van der Waals surface area contributed by atoms with Crippen molar-refractivity contribution in [3.8, 4) is 83.7 Å². The van der Waals surface area contributed by atoms with Gasteiger partial charge in [-0.15, -0.1) is 0 Å². The normalized spacial score (nSPS) is 11.2. The van der Waals surface area contributed by atoms with Crippen molar-refractivity contribution in [1.29, 1.82) is 0 Å². The van der Waals surface area contributed by atoms with E-state index in [9.17, 15) is 0 Å². The van der Waals surface area contributed by atoms with Crippen LogP contribution >= 0.6 is 0 Å². The van der Waals surface area contributed by atoms with Crippen molar-refractivity contribution in [3.05, 3.63) is 303 Å². The second-order valence-corrected chi connectivity index (χ2v) is 18.9. The van der Waals surface area contributed by atoms with Crippen molar-refractivity contribution in [2.45, 2.75) is 0 Å². The van der Waals surface area contributed by atoms with Crippen LogP contribution in [0.1, 0.15) is 0 Å². The van der Waals surface area contributed by atoms with Crippen molar-refractivity contribution in [1.82, 2.24) is 4.57 Å². The summed E-state index contributed by atoms with van der Waals surface area (Å²) in [7, 11) is 0. The van der Waals surface area contributed by atoms with E-state index < -0.39 is 0 Å². The Kier molecular flexibility index (Phi) is 11.6. The van der Waals surface area contributed by atoms with Gasteiger partial charge in [0.15, 0.2) is 0 Å². The number of para-hydroxylation sites is 1. The van der Waals surface area contributed by atoms with E-state index in [1.54, 1.807) is 0 Å². The molecule has 348 valence electrons. The first-order valence-corrected chi connectivity index (χ1v) is 25.4. The highest BCUT2D eigenvalue weighted by Gasteiger charge is 2.25. The second kappa shape index (κ2) is 19.4. The van der Waals surface area contributed by atoms with Gasteiger partial charge in [-0.25, -0.2) is 0 Å². The molecule has 0 amide bonds. The summed E-state index contributed by atoms with van der Waals surface area (Å²) in [5.74, 6) is 0. The Morgan fingerprint density at radius 1 is 0.230 bits per heavy atom. The van der Waals surface area contributed by atoms with Crippen LogP contribution in [0.25, 0.3) is 105 Å². The predicted octanol–water partition coefficient (Wildman–Crippen LogP) is 19.9. The van der Waals surface area contributed by atoms with E-state index in [0.29, 0.717) is 0 Å². The molecule has 0 saturated heterocycles. The van der Waals surface area contributed by atoms with Gasteiger partial charge in [0.25, 0.3) is 0 Å². The molecular formula is C72H50N2. The van der Waals surface area contributed by atoms with Crippen molar-refractivity contribution < 1.29 is 0 Å². The third kappa shape index (κ3) is 8.35. The Morgan fingerprint density at radius 2 is 0.595 bits per heavy atom. The monoisotopic (exact) mass is 942 g/mol. The first kappa shape index (κ1) is 44.2. The van der Waals surface area contributed by atoms with E-state index in [2.05, 4.69) is 313 Å². The zero-order valence-electron chi connectivity index (χ0n) is 40.8. The summed E-state index contributed by atoms with van der Waals surface area (Å²) in [5.41, 5.74) is 21.8. The van der Waals surface area contributed by atoms with Crippen molar-refractivity contribution in [2.24, 2.45) is 0 Å². The molecule has 1 heterocycles. The van der Waals surface area contributed by atoms with E-state index >= 15 is 0 Å². The van der Waals surface area contributed by atoms with Crippen LogP contribution in [0.5, 0.6) is 0 Å². The lowest BCUT2D eigenvalue weighted by atomic mass is 9.92. The van der Waals surface area contributed by atoms with Gasteiger partial charge < -0.3 is 9.47 Å². The Hall–Kier alpha value is -9.76. The fraction of sp³-hybridized carbons (Fsp3) is 0. The van der Waals surface area contributed by atoms with Crippen LogP contribution in [0.3, 0.4) is 0 Å². The molecule has 2 heteroatoms. The minimum atomic E-state index is 1.05. The number of benzene rings is 12. The van der Waals surface area contributed by atoms with E-state index in [0.717, 1.165) is 50.6 Å². The number of hydrogen-bond acceptors (Lipinski definition) is 1. The zero-order valence-corrected chi connectivity index (χ0v) is 40.8. The topological polar surface area (TPSA) is 8.17 Å². The number of rotatable bonds is 11. The number of hydrogen-bond donors (Lipinski definition) is 0. The van der Waals surface area contributed by atoms with E-state index in [1.165, 1.54) is 71.9 Å². The summed E-state index contributed by atoms with van der Waals surface area (Å²) in [6.07, 6.45) is 0. The summed E-state index contributed by atoms with van der Waals surface area (Å²) >= 11 is 0. The third-order valence-electron chi connectivity index (χ3n) is 14.3. The molecule has 1 aromatic heterocycles. The van der Waals surface area contributed by atoms with Crippen LogP contribution in [-0.2, 0) is 0 Å².